The van der Waals surface area contributed by atoms with Crippen LogP contribution in [0, 0.1) is 0 Å². The van der Waals surface area contributed by atoms with E-state index in [-0.39, 0.29) is 13.0 Å². The van der Waals surface area contributed by atoms with Gasteiger partial charge in [0.15, 0.2) is 0 Å². The Hall–Kier alpha value is -1.83. The lowest BCUT2D eigenvalue weighted by Crippen LogP contribution is -2.60. The smallest absolute Gasteiger partial charge is 0.411 e. The van der Waals surface area contributed by atoms with Crippen molar-refractivity contribution in [2.45, 2.75) is 64.2 Å². The van der Waals surface area contributed by atoms with Crippen molar-refractivity contribution < 1.29 is 33.3 Å². The molecule has 1 amide bonds. The van der Waals surface area contributed by atoms with E-state index in [1.54, 1.807) is 20.8 Å². The highest BCUT2D eigenvalue weighted by atomic mass is 16.6. The number of amides is 1. The van der Waals surface area contributed by atoms with Gasteiger partial charge in [-0.1, -0.05) is 13.3 Å². The van der Waals surface area contributed by atoms with Gasteiger partial charge in [-0.25, -0.2) is 14.4 Å². The molecular weight excluding hydrogens is 330 g/mol. The number of unbranched alkanes of at least 4 members (excludes halogenated alkanes) is 1. The zero-order chi connectivity index (χ0) is 19.3. The largest absolute Gasteiger partial charge is 0.467 e. The summed E-state index contributed by atoms with van der Waals surface area (Å²) in [5.74, 6) is -1.74. The molecule has 0 aliphatic carbocycles. The lowest BCUT2D eigenvalue weighted by molar-refractivity contribution is -0.169. The monoisotopic (exact) mass is 359 g/mol. The number of ether oxygens (including phenoxy) is 4. The lowest BCUT2D eigenvalue weighted by Gasteiger charge is -2.34. The number of rotatable bonds is 6. The molecular formula is C17H29NO7. The highest BCUT2D eigenvalue weighted by Gasteiger charge is 2.62. The minimum atomic E-state index is -1.90. The van der Waals surface area contributed by atoms with E-state index in [4.69, 9.17) is 18.9 Å². The standard InChI is InChI=1S/C17H29NO7/c1-7-8-9-24-12-10-17(13(19)22-5,14(20)23-6)18(11-12)15(21)25-16(2,3)4/h12H,7-11H2,1-6H3/t12-/m0/s1. The van der Waals surface area contributed by atoms with Crippen molar-refractivity contribution in [3.05, 3.63) is 0 Å². The molecule has 1 atom stereocenters. The summed E-state index contributed by atoms with van der Waals surface area (Å²) in [7, 11) is 2.32. The number of nitrogens with zero attached hydrogens (tertiary/aromatic N) is 1. The Kier molecular flexibility index (Phi) is 7.22. The topological polar surface area (TPSA) is 91.4 Å². The van der Waals surface area contributed by atoms with Crippen LogP contribution < -0.4 is 0 Å². The van der Waals surface area contributed by atoms with Gasteiger partial charge in [0.1, 0.15) is 5.60 Å². The number of esters is 2. The maximum absolute atomic E-state index is 12.6. The second kappa shape index (κ2) is 8.51. The molecule has 8 nitrogen and oxygen atoms in total. The van der Waals surface area contributed by atoms with Crippen molar-refractivity contribution in [1.29, 1.82) is 0 Å². The molecule has 1 aliphatic rings. The van der Waals surface area contributed by atoms with Crippen LogP contribution in [0.4, 0.5) is 4.79 Å². The highest BCUT2D eigenvalue weighted by molar-refractivity contribution is 6.07. The molecule has 25 heavy (non-hydrogen) atoms. The third-order valence-electron chi connectivity index (χ3n) is 3.88. The second-order valence-electron chi connectivity index (χ2n) is 6.98. The average molecular weight is 359 g/mol. The van der Waals surface area contributed by atoms with Crippen LogP contribution in [-0.2, 0) is 28.5 Å². The maximum atomic E-state index is 12.6. The van der Waals surface area contributed by atoms with Crippen LogP contribution >= 0.6 is 0 Å². The van der Waals surface area contributed by atoms with Crippen molar-refractivity contribution in [3.8, 4) is 0 Å². The number of carbonyl (C=O) groups excluding carboxylic acids is 3. The first-order chi connectivity index (χ1) is 11.6. The van der Waals surface area contributed by atoms with Crippen LogP contribution in [0.1, 0.15) is 47.0 Å². The molecule has 1 fully saturated rings. The fourth-order valence-electron chi connectivity index (χ4n) is 2.73. The van der Waals surface area contributed by atoms with Crippen LogP contribution in [0.15, 0.2) is 0 Å². The summed E-state index contributed by atoms with van der Waals surface area (Å²) in [6, 6.07) is 0. The van der Waals surface area contributed by atoms with E-state index in [0.717, 1.165) is 32.0 Å². The summed E-state index contributed by atoms with van der Waals surface area (Å²) in [6.07, 6.45) is 0.478. The molecule has 0 aromatic carbocycles. The number of hydrogen-bond donors (Lipinski definition) is 0. The van der Waals surface area contributed by atoms with Gasteiger partial charge in [-0.3, -0.25) is 4.90 Å². The fraction of sp³-hybridized carbons (Fsp3) is 0.824. The summed E-state index contributed by atoms with van der Waals surface area (Å²) in [6.45, 7) is 7.65. The number of carbonyl (C=O) groups is 3. The second-order valence-corrected chi connectivity index (χ2v) is 6.98. The fourth-order valence-corrected chi connectivity index (χ4v) is 2.73. The van der Waals surface area contributed by atoms with E-state index >= 15 is 0 Å². The van der Waals surface area contributed by atoms with Gasteiger partial charge in [0.2, 0.25) is 5.54 Å². The molecule has 1 aliphatic heterocycles. The third-order valence-corrected chi connectivity index (χ3v) is 3.88. The van der Waals surface area contributed by atoms with Crippen LogP contribution in [0.25, 0.3) is 0 Å². The van der Waals surface area contributed by atoms with Crippen molar-refractivity contribution in [1.82, 2.24) is 4.90 Å². The maximum Gasteiger partial charge on any atom is 0.411 e. The number of likely N-dealkylation sites (tertiary alicyclic amines) is 1. The van der Waals surface area contributed by atoms with Gasteiger partial charge < -0.3 is 18.9 Å². The van der Waals surface area contributed by atoms with E-state index in [1.165, 1.54) is 0 Å². The molecule has 0 bridgehead atoms. The van der Waals surface area contributed by atoms with E-state index < -0.39 is 35.3 Å². The van der Waals surface area contributed by atoms with E-state index in [0.29, 0.717) is 6.61 Å². The Labute approximate surface area is 148 Å². The lowest BCUT2D eigenvalue weighted by atomic mass is 9.95. The zero-order valence-electron chi connectivity index (χ0n) is 15.9. The van der Waals surface area contributed by atoms with Crippen molar-refractivity contribution >= 4 is 18.0 Å². The van der Waals surface area contributed by atoms with Gasteiger partial charge in [0, 0.05) is 13.0 Å². The SMILES string of the molecule is CCCCO[C@@H]1CN(C(=O)OC(C)(C)C)C(C(=O)OC)(C(=O)OC)C1. The van der Waals surface area contributed by atoms with Crippen molar-refractivity contribution in [2.24, 2.45) is 0 Å². The van der Waals surface area contributed by atoms with Crippen LogP contribution in [0.5, 0.6) is 0 Å². The molecule has 1 heterocycles. The van der Waals surface area contributed by atoms with Gasteiger partial charge in [-0.05, 0) is 27.2 Å². The van der Waals surface area contributed by atoms with Gasteiger partial charge in [0.25, 0.3) is 0 Å². The molecule has 0 aromatic heterocycles. The predicted octanol–water partition coefficient (Wildman–Crippen LogP) is 1.90. The Morgan fingerprint density at radius 3 is 2.12 bits per heavy atom. The minimum absolute atomic E-state index is 0.0324. The summed E-state index contributed by atoms with van der Waals surface area (Å²) >= 11 is 0. The Bertz CT molecular complexity index is 482. The molecule has 0 saturated carbocycles. The predicted molar refractivity (Wildman–Crippen MR) is 89.0 cm³/mol. The van der Waals surface area contributed by atoms with E-state index in [1.807, 2.05) is 6.92 Å². The Balaban J connectivity index is 3.17. The molecule has 0 spiro atoms. The first-order valence-electron chi connectivity index (χ1n) is 8.41. The molecule has 0 N–H and O–H groups in total. The van der Waals surface area contributed by atoms with Crippen molar-refractivity contribution in [2.75, 3.05) is 27.4 Å². The van der Waals surface area contributed by atoms with Crippen LogP contribution in [0.3, 0.4) is 0 Å². The number of methoxy groups -OCH3 is 2. The van der Waals surface area contributed by atoms with E-state index in [2.05, 4.69) is 0 Å². The van der Waals surface area contributed by atoms with Crippen LogP contribution in [0.2, 0.25) is 0 Å². The summed E-state index contributed by atoms with van der Waals surface area (Å²) in [5.41, 5.74) is -2.68. The van der Waals surface area contributed by atoms with E-state index in [9.17, 15) is 14.4 Å². The third kappa shape index (κ3) is 4.84. The van der Waals surface area contributed by atoms with Gasteiger partial charge >= 0.3 is 18.0 Å². The molecule has 1 rings (SSSR count). The molecule has 0 unspecified atom stereocenters. The zero-order valence-corrected chi connectivity index (χ0v) is 15.9. The average Bonchev–Trinajstić information content (AvgIpc) is 2.93. The van der Waals surface area contributed by atoms with Crippen LogP contribution in [-0.4, -0.2) is 67.5 Å². The van der Waals surface area contributed by atoms with Gasteiger partial charge in [-0.15, -0.1) is 0 Å². The first-order valence-corrected chi connectivity index (χ1v) is 8.41. The molecule has 8 heteroatoms. The van der Waals surface area contributed by atoms with Gasteiger partial charge in [0.05, 0.1) is 26.9 Å². The quantitative estimate of drug-likeness (QED) is 0.309. The molecule has 1 saturated heterocycles. The summed E-state index contributed by atoms with van der Waals surface area (Å²) in [5, 5.41) is 0. The molecule has 0 aromatic rings. The summed E-state index contributed by atoms with van der Waals surface area (Å²) in [4.78, 5) is 38.6. The Morgan fingerprint density at radius 1 is 1.12 bits per heavy atom. The normalized spacial score (nSPS) is 19.4. The summed E-state index contributed by atoms with van der Waals surface area (Å²) < 4.78 is 20.7. The number of hydrogen-bond acceptors (Lipinski definition) is 7. The van der Waals surface area contributed by atoms with Crippen molar-refractivity contribution in [3.63, 3.8) is 0 Å². The highest BCUT2D eigenvalue weighted by Crippen LogP contribution is 2.35. The molecule has 0 radical (unpaired) electrons. The Morgan fingerprint density at radius 2 is 1.68 bits per heavy atom. The minimum Gasteiger partial charge on any atom is -0.467 e. The first kappa shape index (κ1) is 21.2. The van der Waals surface area contributed by atoms with Gasteiger partial charge in [-0.2, -0.15) is 0 Å². The molecule has 144 valence electrons.